The number of rotatable bonds is 4. The molecule has 0 aliphatic carbocycles. The molecule has 0 aromatic carbocycles. The van der Waals surface area contributed by atoms with Crippen LogP contribution in [0.4, 0.5) is 0 Å². The Balaban J connectivity index is 0.000000443. The van der Waals surface area contributed by atoms with Gasteiger partial charge in [0.25, 0.3) is 0 Å². The molecule has 0 saturated heterocycles. The Bertz CT molecular complexity index is 454. The maximum Gasteiger partial charge on any atom is 0.490 e. The molecule has 110 valence electrons. The van der Waals surface area contributed by atoms with Gasteiger partial charge in [0.15, 0.2) is 0 Å². The SMILES string of the molecule is O=P(O)(O)OP(=O)(O)OP(=O)(O)O.c1cncnc1. The van der Waals surface area contributed by atoms with Gasteiger partial charge in [0.1, 0.15) is 6.33 Å². The number of hydrogen-bond donors (Lipinski definition) is 5. The molecule has 0 unspecified atom stereocenters. The molecule has 0 radical (unpaired) electrons. The van der Waals surface area contributed by atoms with Crippen LogP contribution in [0.3, 0.4) is 0 Å². The van der Waals surface area contributed by atoms with Crippen molar-refractivity contribution in [1.82, 2.24) is 9.97 Å². The first-order valence-electron chi connectivity index (χ1n) is 3.98. The lowest BCUT2D eigenvalue weighted by atomic mass is 10.7. The van der Waals surface area contributed by atoms with Crippen molar-refractivity contribution < 1.29 is 46.8 Å². The van der Waals surface area contributed by atoms with Crippen molar-refractivity contribution in [3.05, 3.63) is 24.8 Å². The van der Waals surface area contributed by atoms with Crippen LogP contribution in [0.2, 0.25) is 0 Å². The Morgan fingerprint density at radius 2 is 1.16 bits per heavy atom. The zero-order valence-corrected chi connectivity index (χ0v) is 11.5. The minimum absolute atomic E-state index is 1.50. The van der Waals surface area contributed by atoms with Crippen LogP contribution >= 0.6 is 23.5 Å². The van der Waals surface area contributed by atoms with E-state index in [1.54, 1.807) is 18.5 Å². The molecule has 0 amide bonds. The normalized spacial score (nSPS) is 12.5. The topological polar surface area (TPSA) is 197 Å². The molecule has 0 fully saturated rings. The fourth-order valence-corrected chi connectivity index (χ4v) is 3.08. The standard InChI is InChI=1S/C4H4N2.H5O10P3/c1-2-5-4-6-3-1;1-11(2,3)9-13(7,8)10-12(4,5)6/h1-4H;(H,7,8)(H2,1,2,3)(H2,4,5,6). The maximum atomic E-state index is 10.4. The summed E-state index contributed by atoms with van der Waals surface area (Å²) in [6.45, 7) is 0. The molecule has 0 aliphatic heterocycles. The third-order valence-electron chi connectivity index (χ3n) is 0.897. The zero-order chi connectivity index (χ0) is 15.2. The van der Waals surface area contributed by atoms with E-state index in [-0.39, 0.29) is 0 Å². The highest BCUT2D eigenvalue weighted by Crippen LogP contribution is 2.64. The lowest BCUT2D eigenvalue weighted by Crippen LogP contribution is -1.91. The van der Waals surface area contributed by atoms with E-state index in [9.17, 15) is 13.7 Å². The second-order valence-corrected chi connectivity index (χ2v) is 6.72. The molecule has 0 bridgehead atoms. The molecule has 1 aromatic heterocycles. The van der Waals surface area contributed by atoms with E-state index in [0.29, 0.717) is 0 Å². The van der Waals surface area contributed by atoms with Gasteiger partial charge in [-0.15, -0.1) is 0 Å². The smallest absolute Gasteiger partial charge is 0.302 e. The predicted molar refractivity (Wildman–Crippen MR) is 58.1 cm³/mol. The molecule has 15 heteroatoms. The van der Waals surface area contributed by atoms with E-state index in [2.05, 4.69) is 18.6 Å². The predicted octanol–water partition coefficient (Wildman–Crippen LogP) is -0.218. The van der Waals surface area contributed by atoms with Crippen molar-refractivity contribution >= 4 is 23.5 Å². The molecule has 19 heavy (non-hydrogen) atoms. The highest BCUT2D eigenvalue weighted by molar-refractivity contribution is 7.66. The number of phosphoric acid groups is 3. The number of nitrogens with zero attached hydrogens (tertiary/aromatic N) is 2. The Labute approximate surface area is 106 Å². The minimum Gasteiger partial charge on any atom is -0.302 e. The molecule has 1 aromatic rings. The zero-order valence-electron chi connectivity index (χ0n) is 8.82. The van der Waals surface area contributed by atoms with Gasteiger partial charge in [0.05, 0.1) is 0 Å². The Hall–Kier alpha value is -0.510. The summed E-state index contributed by atoms with van der Waals surface area (Å²) >= 11 is 0. The summed E-state index contributed by atoms with van der Waals surface area (Å²) in [5, 5.41) is 0. The highest BCUT2D eigenvalue weighted by atomic mass is 31.3. The average Bonchev–Trinajstić information content (AvgIpc) is 2.13. The lowest BCUT2D eigenvalue weighted by Gasteiger charge is -2.11. The van der Waals surface area contributed by atoms with E-state index in [4.69, 9.17) is 24.5 Å². The van der Waals surface area contributed by atoms with Gasteiger partial charge in [-0.2, -0.15) is 8.62 Å². The van der Waals surface area contributed by atoms with Crippen molar-refractivity contribution in [3.63, 3.8) is 0 Å². The first-order chi connectivity index (χ1) is 8.41. The Morgan fingerprint density at radius 1 is 0.789 bits per heavy atom. The van der Waals surface area contributed by atoms with Gasteiger partial charge in [-0.3, -0.25) is 0 Å². The van der Waals surface area contributed by atoms with E-state index in [1.807, 2.05) is 0 Å². The summed E-state index contributed by atoms with van der Waals surface area (Å²) in [5.41, 5.74) is 0. The quantitative estimate of drug-likeness (QED) is 0.453. The van der Waals surface area contributed by atoms with Crippen molar-refractivity contribution in [1.29, 1.82) is 0 Å². The van der Waals surface area contributed by atoms with E-state index in [1.165, 1.54) is 6.33 Å². The van der Waals surface area contributed by atoms with E-state index in [0.717, 1.165) is 0 Å². The average molecular weight is 338 g/mol. The molecular weight excluding hydrogens is 329 g/mol. The first kappa shape index (κ1) is 18.5. The largest absolute Gasteiger partial charge is 0.490 e. The van der Waals surface area contributed by atoms with Crippen molar-refractivity contribution in [2.75, 3.05) is 0 Å². The highest BCUT2D eigenvalue weighted by Gasteiger charge is 2.38. The third-order valence-corrected chi connectivity index (χ3v) is 4.25. The van der Waals surface area contributed by atoms with Crippen molar-refractivity contribution in [3.8, 4) is 0 Å². The molecule has 1 heterocycles. The summed E-state index contributed by atoms with van der Waals surface area (Å²) in [6.07, 6.45) is 4.88. The van der Waals surface area contributed by atoms with Crippen molar-refractivity contribution in [2.45, 2.75) is 0 Å². The lowest BCUT2D eigenvalue weighted by molar-refractivity contribution is 0.204. The van der Waals surface area contributed by atoms with Gasteiger partial charge in [-0.1, -0.05) is 0 Å². The molecule has 12 nitrogen and oxygen atoms in total. The minimum atomic E-state index is -5.46. The molecular formula is C4H9N2O10P3. The molecule has 1 rings (SSSR count). The summed E-state index contributed by atoms with van der Waals surface area (Å²) in [7, 11) is -16.2. The van der Waals surface area contributed by atoms with Crippen molar-refractivity contribution in [2.24, 2.45) is 0 Å². The van der Waals surface area contributed by atoms with E-state index < -0.39 is 23.5 Å². The van der Waals surface area contributed by atoms with Crippen LogP contribution in [0.15, 0.2) is 24.8 Å². The van der Waals surface area contributed by atoms with Crippen LogP contribution in [-0.2, 0) is 22.3 Å². The summed E-state index contributed by atoms with van der Waals surface area (Å²) in [4.78, 5) is 47.6. The van der Waals surface area contributed by atoms with Gasteiger partial charge in [0, 0.05) is 12.4 Å². The van der Waals surface area contributed by atoms with Crippen LogP contribution in [0, 0.1) is 0 Å². The first-order valence-corrected chi connectivity index (χ1v) is 8.53. The van der Waals surface area contributed by atoms with Gasteiger partial charge in [0.2, 0.25) is 0 Å². The fourth-order valence-electron chi connectivity index (χ4n) is 0.537. The van der Waals surface area contributed by atoms with Gasteiger partial charge in [-0.25, -0.2) is 23.7 Å². The molecule has 0 aliphatic rings. The number of aromatic nitrogens is 2. The van der Waals surface area contributed by atoms with Crippen LogP contribution in [0.5, 0.6) is 0 Å². The second-order valence-electron chi connectivity index (χ2n) is 2.52. The molecule has 0 spiro atoms. The maximum absolute atomic E-state index is 10.4. The molecule has 0 saturated carbocycles. The third kappa shape index (κ3) is 13.7. The molecule has 0 atom stereocenters. The van der Waals surface area contributed by atoms with Crippen LogP contribution in [-0.4, -0.2) is 34.4 Å². The van der Waals surface area contributed by atoms with Gasteiger partial charge >= 0.3 is 23.5 Å². The Kier molecular flexibility index (Phi) is 7.12. The second kappa shape index (κ2) is 7.32. The van der Waals surface area contributed by atoms with Crippen LogP contribution in [0.1, 0.15) is 0 Å². The number of hydrogen-bond acceptors (Lipinski definition) is 7. The van der Waals surface area contributed by atoms with Gasteiger partial charge in [-0.05, 0) is 6.07 Å². The summed E-state index contributed by atoms with van der Waals surface area (Å²) in [5.74, 6) is 0. The van der Waals surface area contributed by atoms with Crippen LogP contribution in [0.25, 0.3) is 0 Å². The summed E-state index contributed by atoms with van der Waals surface area (Å²) < 4.78 is 36.4. The monoisotopic (exact) mass is 338 g/mol. The van der Waals surface area contributed by atoms with Gasteiger partial charge < -0.3 is 24.5 Å². The molecule has 5 N–H and O–H groups in total. The Morgan fingerprint density at radius 3 is 1.32 bits per heavy atom. The fraction of sp³-hybridized carbons (Fsp3) is 0. The summed E-state index contributed by atoms with van der Waals surface area (Å²) in [6, 6.07) is 1.78. The van der Waals surface area contributed by atoms with E-state index >= 15 is 0 Å². The van der Waals surface area contributed by atoms with Crippen LogP contribution < -0.4 is 0 Å².